The molecule has 2 N–H and O–H groups in total. The number of phosphoric ester groups is 1. The number of hydrogen-bond acceptors (Lipinski definition) is 6. The second-order valence-corrected chi connectivity index (χ2v) is 18.5. The Hall–Kier alpha value is -1.28. The molecule has 0 fully saturated rings. The number of aliphatic hydroxyl groups excluding tert-OH is 1. The van der Waals surface area contributed by atoms with Gasteiger partial charge in [0, 0.05) is 6.42 Å². The van der Waals surface area contributed by atoms with Crippen LogP contribution in [0, 0.1) is 0 Å². The Kier molecular flexibility index (Phi) is 38.3. The number of allylic oxidation sites excluding steroid dienone is 5. The minimum atomic E-state index is -4.60. The Morgan fingerprint density at radius 3 is 1.45 bits per heavy atom. The Balaban J connectivity index is 4.46. The van der Waals surface area contributed by atoms with E-state index in [1.807, 2.05) is 27.2 Å². The summed E-state index contributed by atoms with van der Waals surface area (Å²) in [6.07, 6.45) is 47.6. The van der Waals surface area contributed by atoms with E-state index in [1.54, 1.807) is 6.08 Å². The number of carbonyl (C=O) groups excluding carboxylic acids is 1. The van der Waals surface area contributed by atoms with Gasteiger partial charge in [-0.15, -0.1) is 0 Å². The first kappa shape index (κ1) is 54.7. The molecule has 3 atom stereocenters. The molecule has 0 bridgehead atoms. The van der Waals surface area contributed by atoms with Crippen LogP contribution in [0.3, 0.4) is 0 Å². The summed E-state index contributed by atoms with van der Waals surface area (Å²) in [7, 11) is 1.24. The summed E-state index contributed by atoms with van der Waals surface area (Å²) >= 11 is 0. The number of nitrogens with zero attached hydrogens (tertiary/aromatic N) is 1. The van der Waals surface area contributed by atoms with Gasteiger partial charge in [0.05, 0.1) is 39.9 Å². The summed E-state index contributed by atoms with van der Waals surface area (Å²) in [4.78, 5) is 25.3. The van der Waals surface area contributed by atoms with Gasteiger partial charge in [-0.05, 0) is 57.8 Å². The lowest BCUT2D eigenvalue weighted by Gasteiger charge is -2.29. The Bertz CT molecular complexity index is 1010. The number of unbranched alkanes of at least 4 members (excludes halogenated alkanes) is 25. The van der Waals surface area contributed by atoms with Gasteiger partial charge in [0.2, 0.25) is 5.91 Å². The van der Waals surface area contributed by atoms with E-state index >= 15 is 0 Å². The van der Waals surface area contributed by atoms with Crippen LogP contribution in [-0.4, -0.2) is 68.5 Å². The van der Waals surface area contributed by atoms with Crippen molar-refractivity contribution in [2.45, 2.75) is 219 Å². The molecule has 0 heterocycles. The first-order valence-corrected chi connectivity index (χ1v) is 24.8. The van der Waals surface area contributed by atoms with E-state index in [2.05, 4.69) is 43.5 Å². The average Bonchev–Trinajstić information content (AvgIpc) is 3.15. The number of likely N-dealkylation sites (N-methyl/N-ethyl adjacent to an activating group) is 1. The van der Waals surface area contributed by atoms with Gasteiger partial charge >= 0.3 is 0 Å². The number of aliphatic hydroxyl groups is 1. The summed E-state index contributed by atoms with van der Waals surface area (Å²) in [5.74, 6) is -0.216. The highest BCUT2D eigenvalue weighted by molar-refractivity contribution is 7.45. The van der Waals surface area contributed by atoms with Gasteiger partial charge in [-0.1, -0.05) is 179 Å². The molecule has 0 rings (SSSR count). The highest BCUT2D eigenvalue weighted by atomic mass is 31.2. The van der Waals surface area contributed by atoms with Crippen LogP contribution in [-0.2, 0) is 18.4 Å². The van der Waals surface area contributed by atoms with Crippen molar-refractivity contribution in [2.24, 2.45) is 0 Å². The topological polar surface area (TPSA) is 108 Å². The van der Waals surface area contributed by atoms with Gasteiger partial charge in [0.1, 0.15) is 13.2 Å². The minimum absolute atomic E-state index is 0.00781. The van der Waals surface area contributed by atoms with Crippen molar-refractivity contribution in [3.8, 4) is 0 Å². The summed E-state index contributed by atoms with van der Waals surface area (Å²) in [5, 5.41) is 13.8. The fraction of sp³-hybridized carbons (Fsp3) is 0.851. The van der Waals surface area contributed by atoms with E-state index in [9.17, 15) is 19.4 Å². The van der Waals surface area contributed by atoms with Gasteiger partial charge in [-0.3, -0.25) is 9.36 Å². The normalized spacial score (nSPS) is 14.6. The van der Waals surface area contributed by atoms with Crippen molar-refractivity contribution in [3.63, 3.8) is 0 Å². The van der Waals surface area contributed by atoms with Crippen LogP contribution in [0.4, 0.5) is 0 Å². The molecule has 1 amide bonds. The smallest absolute Gasteiger partial charge is 0.268 e. The summed E-state index contributed by atoms with van der Waals surface area (Å²) in [6, 6.07) is -0.905. The zero-order chi connectivity index (χ0) is 41.4. The Morgan fingerprint density at radius 1 is 0.607 bits per heavy atom. The lowest BCUT2D eigenvalue weighted by molar-refractivity contribution is -0.870. The molecule has 330 valence electrons. The molecular weight excluding hydrogens is 719 g/mol. The van der Waals surface area contributed by atoms with E-state index in [-0.39, 0.29) is 12.5 Å². The third-order valence-corrected chi connectivity index (χ3v) is 11.3. The molecule has 56 heavy (non-hydrogen) atoms. The van der Waals surface area contributed by atoms with E-state index in [1.165, 1.54) is 135 Å². The fourth-order valence-electron chi connectivity index (χ4n) is 6.57. The number of rotatable bonds is 42. The number of phosphoric acid groups is 1. The van der Waals surface area contributed by atoms with Crippen molar-refractivity contribution in [1.82, 2.24) is 5.32 Å². The third kappa shape index (κ3) is 40.9. The van der Waals surface area contributed by atoms with Crippen LogP contribution in [0.5, 0.6) is 0 Å². The number of amides is 1. The fourth-order valence-corrected chi connectivity index (χ4v) is 7.30. The molecule has 0 aliphatic heterocycles. The number of hydrogen-bond donors (Lipinski definition) is 2. The van der Waals surface area contributed by atoms with E-state index in [0.717, 1.165) is 51.4 Å². The van der Waals surface area contributed by atoms with Crippen LogP contribution < -0.4 is 10.2 Å². The zero-order valence-corrected chi connectivity index (χ0v) is 38.2. The maximum atomic E-state index is 12.9. The number of carbonyl (C=O) groups is 1. The van der Waals surface area contributed by atoms with Crippen LogP contribution >= 0.6 is 7.82 Å². The Morgan fingerprint density at radius 2 is 1.00 bits per heavy atom. The first-order chi connectivity index (χ1) is 27.0. The second kappa shape index (κ2) is 39.2. The predicted octanol–water partition coefficient (Wildman–Crippen LogP) is 12.5. The molecular formula is C47H91N2O6P. The average molecular weight is 811 g/mol. The van der Waals surface area contributed by atoms with Gasteiger partial charge in [-0.2, -0.15) is 0 Å². The van der Waals surface area contributed by atoms with E-state index in [0.29, 0.717) is 17.4 Å². The maximum Gasteiger partial charge on any atom is 0.268 e. The van der Waals surface area contributed by atoms with Crippen LogP contribution in [0.2, 0.25) is 0 Å². The maximum absolute atomic E-state index is 12.9. The molecule has 0 aromatic rings. The first-order valence-electron chi connectivity index (χ1n) is 23.4. The summed E-state index contributed by atoms with van der Waals surface area (Å²) < 4.78 is 23.2. The van der Waals surface area contributed by atoms with E-state index < -0.39 is 26.6 Å². The SMILES string of the molecule is CCCCCCCCC/C=C\CCCCCCCC(=O)NC(COP(=O)([O-])OCC[N+](C)(C)C)C(O)/C=C/CC/C=C/CCCCCCCCCCCCCC. The van der Waals surface area contributed by atoms with Crippen LogP contribution in [0.1, 0.15) is 206 Å². The highest BCUT2D eigenvalue weighted by Crippen LogP contribution is 2.38. The minimum Gasteiger partial charge on any atom is -0.756 e. The molecule has 0 spiro atoms. The number of quaternary nitrogens is 1. The van der Waals surface area contributed by atoms with Crippen molar-refractivity contribution >= 4 is 13.7 Å². The largest absolute Gasteiger partial charge is 0.756 e. The van der Waals surface area contributed by atoms with Crippen molar-refractivity contribution in [3.05, 3.63) is 36.5 Å². The van der Waals surface area contributed by atoms with Gasteiger partial charge < -0.3 is 28.8 Å². The lowest BCUT2D eigenvalue weighted by atomic mass is 10.0. The second-order valence-electron chi connectivity index (χ2n) is 17.1. The molecule has 0 radical (unpaired) electrons. The van der Waals surface area contributed by atoms with Crippen molar-refractivity contribution < 1.29 is 32.9 Å². The summed E-state index contributed by atoms with van der Waals surface area (Å²) in [6.45, 7) is 4.62. The quantitative estimate of drug-likeness (QED) is 0.0275. The predicted molar refractivity (Wildman–Crippen MR) is 238 cm³/mol. The van der Waals surface area contributed by atoms with Gasteiger partial charge in [0.25, 0.3) is 7.82 Å². The molecule has 0 aromatic heterocycles. The Labute approximate surface area is 347 Å². The monoisotopic (exact) mass is 811 g/mol. The molecule has 9 heteroatoms. The third-order valence-electron chi connectivity index (χ3n) is 10.3. The van der Waals surface area contributed by atoms with Crippen molar-refractivity contribution in [2.75, 3.05) is 40.9 Å². The van der Waals surface area contributed by atoms with E-state index in [4.69, 9.17) is 9.05 Å². The van der Waals surface area contributed by atoms with Crippen LogP contribution in [0.25, 0.3) is 0 Å². The van der Waals surface area contributed by atoms with Crippen LogP contribution in [0.15, 0.2) is 36.5 Å². The summed E-state index contributed by atoms with van der Waals surface area (Å²) in [5.41, 5.74) is 0. The lowest BCUT2D eigenvalue weighted by Crippen LogP contribution is -2.45. The van der Waals surface area contributed by atoms with Gasteiger partial charge in [-0.25, -0.2) is 0 Å². The molecule has 3 unspecified atom stereocenters. The molecule has 0 aliphatic carbocycles. The zero-order valence-electron chi connectivity index (χ0n) is 37.3. The molecule has 8 nitrogen and oxygen atoms in total. The standard InChI is InChI=1S/C47H91N2O6P/c1-6-8-10-12-14-16-18-20-22-24-25-26-28-30-32-34-36-38-40-46(50)45(44-55-56(52,53)54-43-42-49(3,4)5)48-47(51)41-39-37-35-33-31-29-27-23-21-19-17-15-13-11-9-7-2/h23,27,30,32,38,40,45-46,50H,6-22,24-26,28-29,31,33-37,39,41-44H2,1-5H3,(H-,48,51,52,53)/b27-23-,32-30+,40-38+. The molecule has 0 saturated heterocycles. The van der Waals surface area contributed by atoms with Crippen molar-refractivity contribution in [1.29, 1.82) is 0 Å². The van der Waals surface area contributed by atoms with Gasteiger partial charge in [0.15, 0.2) is 0 Å². The molecule has 0 aromatic carbocycles. The molecule has 0 saturated carbocycles. The molecule has 0 aliphatic rings. The highest BCUT2D eigenvalue weighted by Gasteiger charge is 2.23. The number of nitrogens with one attached hydrogen (secondary N) is 1.